The molecule has 0 amide bonds. The van der Waals surface area contributed by atoms with E-state index >= 15 is 0 Å². The minimum Gasteiger partial charge on any atom is -0.383 e. The van der Waals surface area contributed by atoms with Gasteiger partial charge in [0.15, 0.2) is 5.82 Å². The zero-order valence-electron chi connectivity index (χ0n) is 13.5. The smallest absolute Gasteiger partial charge is 0.152 e. The average Bonchev–Trinajstić information content (AvgIpc) is 2.78. The van der Waals surface area contributed by atoms with E-state index in [-0.39, 0.29) is 0 Å². The Labute approximate surface area is 129 Å². The quantitative estimate of drug-likeness (QED) is 0.779. The number of fused-ring (bicyclic) bond motifs is 3. The van der Waals surface area contributed by atoms with Crippen LogP contribution in [0, 0.1) is 5.92 Å². The number of aromatic nitrogens is 3. The normalized spacial score (nSPS) is 12.6. The van der Waals surface area contributed by atoms with Gasteiger partial charge in [0.25, 0.3) is 0 Å². The lowest BCUT2D eigenvalue weighted by Crippen LogP contribution is -2.23. The van der Waals surface area contributed by atoms with E-state index < -0.39 is 5.60 Å². The first kappa shape index (κ1) is 14.8. The van der Waals surface area contributed by atoms with Crippen LogP contribution in [0.1, 0.15) is 33.5 Å². The molecule has 3 aromatic rings. The van der Waals surface area contributed by atoms with E-state index in [0.29, 0.717) is 23.1 Å². The topological polar surface area (TPSA) is 77.0 Å². The van der Waals surface area contributed by atoms with Gasteiger partial charge in [-0.15, -0.1) is 0 Å². The van der Waals surface area contributed by atoms with Crippen LogP contribution in [0.4, 0.5) is 5.82 Å². The summed E-state index contributed by atoms with van der Waals surface area (Å²) in [4.78, 5) is 9.05. The maximum absolute atomic E-state index is 10.5. The molecule has 116 valence electrons. The van der Waals surface area contributed by atoms with Crippen molar-refractivity contribution >= 4 is 27.8 Å². The molecule has 5 heteroatoms. The number of imidazole rings is 1. The molecule has 5 nitrogen and oxygen atoms in total. The van der Waals surface area contributed by atoms with Crippen LogP contribution in [0.25, 0.3) is 21.9 Å². The van der Waals surface area contributed by atoms with Crippen molar-refractivity contribution < 1.29 is 5.11 Å². The number of anilines is 1. The molecular weight excluding hydrogens is 276 g/mol. The molecule has 0 aliphatic rings. The van der Waals surface area contributed by atoms with Crippen LogP contribution >= 0.6 is 0 Å². The van der Waals surface area contributed by atoms with Crippen LogP contribution in [-0.4, -0.2) is 19.6 Å². The van der Waals surface area contributed by atoms with Gasteiger partial charge in [-0.1, -0.05) is 32.0 Å². The minimum atomic E-state index is -1.04. The zero-order valence-corrected chi connectivity index (χ0v) is 13.5. The third kappa shape index (κ3) is 2.31. The lowest BCUT2D eigenvalue weighted by Gasteiger charge is -2.20. The Kier molecular flexibility index (Phi) is 3.33. The number of benzene rings is 1. The molecule has 2 aromatic heterocycles. The summed E-state index contributed by atoms with van der Waals surface area (Å²) in [5.41, 5.74) is 7.53. The fraction of sp³-hybridized carbons (Fsp3) is 0.412. The Morgan fingerprint density at radius 2 is 1.91 bits per heavy atom. The molecule has 1 aromatic carbocycles. The molecule has 2 heterocycles. The van der Waals surface area contributed by atoms with Crippen molar-refractivity contribution in [1.29, 1.82) is 0 Å². The average molecular weight is 298 g/mol. The van der Waals surface area contributed by atoms with E-state index in [0.717, 1.165) is 23.0 Å². The van der Waals surface area contributed by atoms with Gasteiger partial charge in [0.05, 0.1) is 11.0 Å². The molecule has 0 saturated heterocycles. The van der Waals surface area contributed by atoms with E-state index in [1.165, 1.54) is 0 Å². The highest BCUT2D eigenvalue weighted by Crippen LogP contribution is 2.32. The number of para-hydroxylation sites is 1. The largest absolute Gasteiger partial charge is 0.383 e. The van der Waals surface area contributed by atoms with Crippen molar-refractivity contribution in [3.63, 3.8) is 0 Å². The zero-order chi connectivity index (χ0) is 16.1. The molecule has 3 rings (SSSR count). The second kappa shape index (κ2) is 4.95. The second-order valence-corrected chi connectivity index (χ2v) is 6.71. The Morgan fingerprint density at radius 3 is 2.55 bits per heavy atom. The van der Waals surface area contributed by atoms with Crippen molar-refractivity contribution in [1.82, 2.24) is 14.5 Å². The molecule has 0 aliphatic heterocycles. The predicted octanol–water partition coefficient (Wildman–Crippen LogP) is 3.05. The molecule has 0 aliphatic carbocycles. The van der Waals surface area contributed by atoms with Gasteiger partial charge in [0, 0.05) is 11.9 Å². The molecule has 3 N–H and O–H groups in total. The summed E-state index contributed by atoms with van der Waals surface area (Å²) in [6, 6.07) is 7.90. The summed E-state index contributed by atoms with van der Waals surface area (Å²) >= 11 is 0. The summed E-state index contributed by atoms with van der Waals surface area (Å²) in [5, 5.41) is 11.5. The first-order valence-corrected chi connectivity index (χ1v) is 7.56. The van der Waals surface area contributed by atoms with Gasteiger partial charge in [0.2, 0.25) is 0 Å². The predicted molar refractivity (Wildman–Crippen MR) is 89.5 cm³/mol. The number of nitrogen functional groups attached to an aromatic ring is 1. The third-order valence-electron chi connectivity index (χ3n) is 3.71. The van der Waals surface area contributed by atoms with Gasteiger partial charge < -0.3 is 15.4 Å². The maximum Gasteiger partial charge on any atom is 0.152 e. The van der Waals surface area contributed by atoms with E-state index in [2.05, 4.69) is 28.4 Å². The Morgan fingerprint density at radius 1 is 1.23 bits per heavy atom. The number of hydrogen-bond acceptors (Lipinski definition) is 4. The Bertz CT molecular complexity index is 843. The summed E-state index contributed by atoms with van der Waals surface area (Å²) < 4.78 is 2.08. The molecule has 0 spiro atoms. The number of rotatable bonds is 3. The second-order valence-electron chi connectivity index (χ2n) is 6.71. The molecule has 0 radical (unpaired) electrons. The van der Waals surface area contributed by atoms with Crippen molar-refractivity contribution in [2.24, 2.45) is 5.92 Å². The van der Waals surface area contributed by atoms with Gasteiger partial charge in [-0.3, -0.25) is 0 Å². The number of hydrogen-bond donors (Lipinski definition) is 2. The maximum atomic E-state index is 10.5. The van der Waals surface area contributed by atoms with E-state index in [1.54, 1.807) is 13.8 Å². The van der Waals surface area contributed by atoms with Crippen LogP contribution in [0.3, 0.4) is 0 Å². The molecule has 22 heavy (non-hydrogen) atoms. The Hall–Kier alpha value is -2.14. The molecular formula is C17H22N4O. The molecule has 0 fully saturated rings. The van der Waals surface area contributed by atoms with Crippen molar-refractivity contribution in [2.45, 2.75) is 39.8 Å². The summed E-state index contributed by atoms with van der Waals surface area (Å²) in [6.45, 7) is 8.55. The minimum absolute atomic E-state index is 0.404. The number of nitrogens with two attached hydrogens (primary N) is 1. The highest BCUT2D eigenvalue weighted by atomic mass is 16.3. The summed E-state index contributed by atoms with van der Waals surface area (Å²) in [6.07, 6.45) is 0. The van der Waals surface area contributed by atoms with Gasteiger partial charge in [-0.25, -0.2) is 9.97 Å². The molecule has 0 unspecified atom stereocenters. The first-order chi connectivity index (χ1) is 10.3. The fourth-order valence-electron chi connectivity index (χ4n) is 2.87. The molecule has 0 atom stereocenters. The van der Waals surface area contributed by atoms with Crippen LogP contribution in [0.2, 0.25) is 0 Å². The fourth-order valence-corrected chi connectivity index (χ4v) is 2.87. The van der Waals surface area contributed by atoms with Crippen molar-refractivity contribution in [3.8, 4) is 0 Å². The summed E-state index contributed by atoms with van der Waals surface area (Å²) in [7, 11) is 0. The summed E-state index contributed by atoms with van der Waals surface area (Å²) in [5.74, 6) is 1.45. The third-order valence-corrected chi connectivity index (χ3v) is 3.71. The van der Waals surface area contributed by atoms with E-state index in [4.69, 9.17) is 5.73 Å². The number of nitrogens with zero attached hydrogens (tertiary/aromatic N) is 3. The highest BCUT2D eigenvalue weighted by molar-refractivity contribution is 6.06. The van der Waals surface area contributed by atoms with Crippen LogP contribution < -0.4 is 5.73 Å². The van der Waals surface area contributed by atoms with Gasteiger partial charge in [0.1, 0.15) is 16.9 Å². The van der Waals surface area contributed by atoms with Gasteiger partial charge in [-0.05, 0) is 25.8 Å². The number of aliphatic hydroxyl groups is 1. The molecule has 0 saturated carbocycles. The molecule has 0 bridgehead atoms. The van der Waals surface area contributed by atoms with Crippen LogP contribution in [0.5, 0.6) is 0 Å². The first-order valence-electron chi connectivity index (χ1n) is 7.56. The van der Waals surface area contributed by atoms with Crippen molar-refractivity contribution in [3.05, 3.63) is 30.1 Å². The number of pyridine rings is 1. The van der Waals surface area contributed by atoms with Gasteiger partial charge >= 0.3 is 0 Å². The van der Waals surface area contributed by atoms with Gasteiger partial charge in [-0.2, -0.15) is 0 Å². The highest BCUT2D eigenvalue weighted by Gasteiger charge is 2.27. The van der Waals surface area contributed by atoms with Crippen molar-refractivity contribution in [2.75, 3.05) is 5.73 Å². The lowest BCUT2D eigenvalue weighted by molar-refractivity contribution is 0.0646. The monoisotopic (exact) mass is 298 g/mol. The Balaban J connectivity index is 2.48. The van der Waals surface area contributed by atoms with Crippen LogP contribution in [0.15, 0.2) is 24.3 Å². The van der Waals surface area contributed by atoms with E-state index in [1.807, 2.05) is 24.3 Å². The standard InChI is InChI=1S/C17H22N4O/c1-10(2)9-21-14-11-7-5-6-8-12(11)19-15(18)13(14)20-16(21)17(3,4)22/h5-8,10,22H,9H2,1-4H3,(H2,18,19). The van der Waals surface area contributed by atoms with Crippen LogP contribution in [-0.2, 0) is 12.1 Å². The SMILES string of the molecule is CC(C)Cn1c(C(C)(C)O)nc2c(N)nc3ccccc3c21. The lowest BCUT2D eigenvalue weighted by atomic mass is 10.1. The van der Waals surface area contributed by atoms with E-state index in [9.17, 15) is 5.11 Å².